The number of hydrogen-bond acceptors (Lipinski definition) is 6. The summed E-state index contributed by atoms with van der Waals surface area (Å²) in [6.45, 7) is 13.0. The van der Waals surface area contributed by atoms with Gasteiger partial charge in [0.25, 0.3) is 0 Å². The third kappa shape index (κ3) is 6.09. The monoisotopic (exact) mass is 454 g/mol. The fraction of sp³-hybridized carbons (Fsp3) is 0.500. The number of hydrogen-bond donors (Lipinski definition) is 0. The fourth-order valence-electron chi connectivity index (χ4n) is 3.70. The number of carbonyl (C=O) groups is 1. The molecule has 0 saturated carbocycles. The van der Waals surface area contributed by atoms with E-state index < -0.39 is 18.3 Å². The van der Waals surface area contributed by atoms with Crippen molar-refractivity contribution in [2.24, 2.45) is 0 Å². The van der Waals surface area contributed by atoms with Gasteiger partial charge in [0.2, 0.25) is 0 Å². The van der Waals surface area contributed by atoms with E-state index >= 15 is 0 Å². The SMILES string of the molecule is CCOC(=O)CC(B1OC(C)(C)C(C)(C)O1)c1ccc(OCc2ccccc2)c(OCC)c1. The lowest BCUT2D eigenvalue weighted by Gasteiger charge is -2.32. The molecule has 6 nitrogen and oxygen atoms in total. The Hall–Kier alpha value is -2.51. The highest BCUT2D eigenvalue weighted by atomic mass is 16.7. The smallest absolute Gasteiger partial charge is 0.466 e. The Balaban J connectivity index is 1.88. The topological polar surface area (TPSA) is 63.2 Å². The summed E-state index contributed by atoms with van der Waals surface area (Å²) < 4.78 is 29.8. The zero-order chi connectivity index (χ0) is 24.1. The average Bonchev–Trinajstić information content (AvgIpc) is 2.99. The van der Waals surface area contributed by atoms with Gasteiger partial charge in [0.05, 0.1) is 30.8 Å². The maximum Gasteiger partial charge on any atom is 0.466 e. The minimum absolute atomic E-state index is 0.139. The lowest BCUT2D eigenvalue weighted by molar-refractivity contribution is -0.143. The predicted molar refractivity (Wildman–Crippen MR) is 128 cm³/mol. The lowest BCUT2D eigenvalue weighted by Crippen LogP contribution is -2.41. The van der Waals surface area contributed by atoms with Gasteiger partial charge in [0.15, 0.2) is 11.5 Å². The highest BCUT2D eigenvalue weighted by Gasteiger charge is 2.54. The van der Waals surface area contributed by atoms with E-state index in [2.05, 4.69) is 0 Å². The van der Waals surface area contributed by atoms with Crippen LogP contribution < -0.4 is 9.47 Å². The first-order valence-corrected chi connectivity index (χ1v) is 11.6. The number of benzene rings is 2. The molecule has 0 spiro atoms. The summed E-state index contributed by atoms with van der Waals surface area (Å²) in [6.07, 6.45) is 0.139. The summed E-state index contributed by atoms with van der Waals surface area (Å²) >= 11 is 0. The van der Waals surface area contributed by atoms with Gasteiger partial charge in [0, 0.05) is 5.82 Å². The van der Waals surface area contributed by atoms with Gasteiger partial charge in [-0.1, -0.05) is 36.4 Å². The lowest BCUT2D eigenvalue weighted by atomic mass is 9.66. The maximum atomic E-state index is 12.5. The van der Waals surface area contributed by atoms with Crippen LogP contribution in [0.5, 0.6) is 11.5 Å². The molecular formula is C26H35BO6. The molecule has 0 radical (unpaired) electrons. The van der Waals surface area contributed by atoms with E-state index in [4.69, 9.17) is 23.5 Å². The Morgan fingerprint density at radius 3 is 2.18 bits per heavy atom. The fourth-order valence-corrected chi connectivity index (χ4v) is 3.70. The van der Waals surface area contributed by atoms with Crippen LogP contribution in [-0.4, -0.2) is 37.5 Å². The molecule has 0 aromatic heterocycles. The first-order chi connectivity index (χ1) is 15.7. The van der Waals surface area contributed by atoms with Gasteiger partial charge < -0.3 is 23.5 Å². The van der Waals surface area contributed by atoms with Gasteiger partial charge in [-0.05, 0) is 64.8 Å². The molecule has 3 rings (SSSR count). The second kappa shape index (κ2) is 10.6. The van der Waals surface area contributed by atoms with Crippen LogP contribution in [0.4, 0.5) is 0 Å². The summed E-state index contributed by atoms with van der Waals surface area (Å²) in [5.74, 6) is 0.622. The van der Waals surface area contributed by atoms with E-state index in [1.54, 1.807) is 6.92 Å². The molecular weight excluding hydrogens is 419 g/mol. The number of rotatable bonds is 10. The van der Waals surface area contributed by atoms with Crippen LogP contribution in [0.1, 0.15) is 64.9 Å². The van der Waals surface area contributed by atoms with E-state index in [0.29, 0.717) is 31.3 Å². The van der Waals surface area contributed by atoms with Crippen LogP contribution in [0.3, 0.4) is 0 Å². The van der Waals surface area contributed by atoms with Crippen molar-refractivity contribution < 1.29 is 28.3 Å². The first-order valence-electron chi connectivity index (χ1n) is 11.6. The van der Waals surface area contributed by atoms with Gasteiger partial charge >= 0.3 is 13.1 Å². The molecule has 1 unspecified atom stereocenters. The Labute approximate surface area is 197 Å². The van der Waals surface area contributed by atoms with Gasteiger partial charge in [0.1, 0.15) is 6.61 Å². The third-order valence-electron chi connectivity index (χ3n) is 6.22. The van der Waals surface area contributed by atoms with Crippen molar-refractivity contribution in [3.8, 4) is 11.5 Å². The standard InChI is InChI=1S/C26H35BO6/c1-7-29-23-16-20(14-15-22(23)31-18-19-12-10-9-11-13-19)21(17-24(28)30-8-2)27-32-25(3,4)26(5,6)33-27/h9-16,21H,7-8,17-18H2,1-6H3. The number of ether oxygens (including phenoxy) is 3. The summed E-state index contributed by atoms with van der Waals surface area (Å²) in [6, 6.07) is 15.7. The van der Waals surface area contributed by atoms with Crippen LogP contribution in [0.25, 0.3) is 0 Å². The molecule has 7 heteroatoms. The minimum atomic E-state index is -0.593. The van der Waals surface area contributed by atoms with Gasteiger partial charge in [-0.25, -0.2) is 0 Å². The third-order valence-corrected chi connectivity index (χ3v) is 6.22. The average molecular weight is 454 g/mol. The van der Waals surface area contributed by atoms with Gasteiger partial charge in [-0.3, -0.25) is 4.79 Å². The van der Waals surface area contributed by atoms with Crippen molar-refractivity contribution in [1.82, 2.24) is 0 Å². The normalized spacial score (nSPS) is 17.5. The molecule has 1 heterocycles. The van der Waals surface area contributed by atoms with Crippen LogP contribution in [0.2, 0.25) is 0 Å². The molecule has 0 amide bonds. The van der Waals surface area contributed by atoms with Gasteiger partial charge in [-0.2, -0.15) is 0 Å². The predicted octanol–water partition coefficient (Wildman–Crippen LogP) is 5.33. The minimum Gasteiger partial charge on any atom is -0.490 e. The molecule has 1 atom stereocenters. The molecule has 0 aliphatic carbocycles. The van der Waals surface area contributed by atoms with E-state index in [-0.39, 0.29) is 18.2 Å². The zero-order valence-electron chi connectivity index (χ0n) is 20.6. The molecule has 1 aliphatic heterocycles. The molecule has 0 bridgehead atoms. The van der Waals surface area contributed by atoms with Crippen molar-refractivity contribution in [2.75, 3.05) is 13.2 Å². The molecule has 1 aliphatic rings. The second-order valence-corrected chi connectivity index (χ2v) is 9.15. The second-order valence-electron chi connectivity index (χ2n) is 9.15. The van der Waals surface area contributed by atoms with E-state index in [1.165, 1.54) is 0 Å². The van der Waals surface area contributed by atoms with Crippen molar-refractivity contribution >= 4 is 13.1 Å². The van der Waals surface area contributed by atoms with E-state index in [9.17, 15) is 4.79 Å². The van der Waals surface area contributed by atoms with Crippen molar-refractivity contribution in [3.63, 3.8) is 0 Å². The molecule has 0 N–H and O–H groups in total. The van der Waals surface area contributed by atoms with Crippen LogP contribution in [-0.2, 0) is 25.4 Å². The van der Waals surface area contributed by atoms with Crippen LogP contribution in [0, 0.1) is 0 Å². The molecule has 1 saturated heterocycles. The number of carbonyl (C=O) groups excluding carboxylic acids is 1. The summed E-state index contributed by atoms with van der Waals surface area (Å²) in [5.41, 5.74) is 0.927. The summed E-state index contributed by atoms with van der Waals surface area (Å²) in [7, 11) is -0.593. The van der Waals surface area contributed by atoms with E-state index in [1.807, 2.05) is 83.1 Å². The summed E-state index contributed by atoms with van der Waals surface area (Å²) in [4.78, 5) is 12.5. The Morgan fingerprint density at radius 1 is 0.909 bits per heavy atom. The van der Waals surface area contributed by atoms with Crippen molar-refractivity contribution in [1.29, 1.82) is 0 Å². The highest BCUT2D eigenvalue weighted by Crippen LogP contribution is 2.43. The van der Waals surface area contributed by atoms with Gasteiger partial charge in [-0.15, -0.1) is 0 Å². The number of esters is 1. The first kappa shape index (κ1) is 25.1. The molecule has 2 aromatic rings. The maximum absolute atomic E-state index is 12.5. The molecule has 33 heavy (non-hydrogen) atoms. The largest absolute Gasteiger partial charge is 0.490 e. The van der Waals surface area contributed by atoms with E-state index in [0.717, 1.165) is 11.1 Å². The quantitative estimate of drug-likeness (QED) is 0.357. The molecule has 1 fully saturated rings. The Kier molecular flexibility index (Phi) is 8.08. The van der Waals surface area contributed by atoms with Crippen LogP contribution in [0.15, 0.2) is 48.5 Å². The van der Waals surface area contributed by atoms with Crippen LogP contribution >= 0.6 is 0 Å². The van der Waals surface area contributed by atoms with Crippen molar-refractivity contribution in [3.05, 3.63) is 59.7 Å². The Bertz CT molecular complexity index is 912. The van der Waals surface area contributed by atoms with Crippen molar-refractivity contribution in [2.45, 2.75) is 71.6 Å². The zero-order valence-corrected chi connectivity index (χ0v) is 20.6. The highest BCUT2D eigenvalue weighted by molar-refractivity contribution is 6.48. The molecule has 2 aromatic carbocycles. The summed E-state index contributed by atoms with van der Waals surface area (Å²) in [5, 5.41) is 0. The Morgan fingerprint density at radius 2 is 1.58 bits per heavy atom. The molecule has 178 valence electrons.